The molecule has 1 aliphatic carbocycles. The number of benzene rings is 1. The number of rotatable bonds is 4. The summed E-state index contributed by atoms with van der Waals surface area (Å²) in [5, 5.41) is 0. The fourth-order valence-electron chi connectivity index (χ4n) is 2.79. The summed E-state index contributed by atoms with van der Waals surface area (Å²) >= 11 is 0. The maximum Gasteiger partial charge on any atom is 0.218 e. The Morgan fingerprint density at radius 1 is 0.789 bits per heavy atom. The van der Waals surface area contributed by atoms with Crippen LogP contribution in [0.4, 0.5) is 0 Å². The summed E-state index contributed by atoms with van der Waals surface area (Å²) in [4.78, 5) is 0. The summed E-state index contributed by atoms with van der Waals surface area (Å²) in [6.07, 6.45) is 1.89. The smallest absolute Gasteiger partial charge is 0.218 e. The Kier molecular flexibility index (Phi) is 3.78. The highest BCUT2D eigenvalue weighted by Gasteiger charge is 2.47. The number of hydrogen-bond acceptors (Lipinski definition) is 4. The molecule has 0 unspecified atom stereocenters. The molecular formula is C15H20O4. The van der Waals surface area contributed by atoms with Crippen molar-refractivity contribution in [1.29, 1.82) is 0 Å². The van der Waals surface area contributed by atoms with Crippen molar-refractivity contribution < 1.29 is 18.9 Å². The maximum atomic E-state index is 5.65. The van der Waals surface area contributed by atoms with Crippen molar-refractivity contribution in [3.8, 4) is 0 Å². The minimum absolute atomic E-state index is 0.884. The normalized spacial score (nSPS) is 19.7. The zero-order chi connectivity index (χ0) is 14.1. The van der Waals surface area contributed by atoms with Crippen LogP contribution in [-0.2, 0) is 30.5 Å². The van der Waals surface area contributed by atoms with Crippen molar-refractivity contribution in [2.24, 2.45) is 0 Å². The average molecular weight is 264 g/mol. The van der Waals surface area contributed by atoms with Crippen LogP contribution in [0, 0.1) is 0 Å². The van der Waals surface area contributed by atoms with Crippen LogP contribution in [0.1, 0.15) is 18.1 Å². The summed E-state index contributed by atoms with van der Waals surface area (Å²) in [6.45, 7) is 1.94. The summed E-state index contributed by atoms with van der Waals surface area (Å²) in [7, 11) is 6.50. The average Bonchev–Trinajstić information content (AvgIpc) is 2.47. The molecule has 2 rings (SSSR count). The summed E-state index contributed by atoms with van der Waals surface area (Å²) < 4.78 is 22.5. The van der Waals surface area contributed by atoms with Gasteiger partial charge in [0.05, 0.1) is 0 Å². The molecule has 19 heavy (non-hydrogen) atoms. The SMILES string of the molecule is COC1(OC)C=C(C)C(OC)(OC)c2ccccc21. The monoisotopic (exact) mass is 264 g/mol. The van der Waals surface area contributed by atoms with Crippen LogP contribution in [0.5, 0.6) is 0 Å². The highest BCUT2D eigenvalue weighted by molar-refractivity contribution is 5.46. The van der Waals surface area contributed by atoms with Crippen molar-refractivity contribution in [3.63, 3.8) is 0 Å². The summed E-state index contributed by atoms with van der Waals surface area (Å²) in [6, 6.07) is 7.81. The zero-order valence-electron chi connectivity index (χ0n) is 12.0. The zero-order valence-corrected chi connectivity index (χ0v) is 12.0. The maximum absolute atomic E-state index is 5.65. The Morgan fingerprint density at radius 3 is 1.79 bits per heavy atom. The van der Waals surface area contributed by atoms with Crippen molar-refractivity contribution in [2.75, 3.05) is 28.4 Å². The van der Waals surface area contributed by atoms with E-state index in [1.807, 2.05) is 37.3 Å². The van der Waals surface area contributed by atoms with Crippen LogP contribution >= 0.6 is 0 Å². The highest BCUT2D eigenvalue weighted by Crippen LogP contribution is 2.46. The van der Waals surface area contributed by atoms with Crippen molar-refractivity contribution in [3.05, 3.63) is 47.0 Å². The molecule has 0 spiro atoms. The minimum atomic E-state index is -0.902. The first-order valence-electron chi connectivity index (χ1n) is 6.10. The van der Waals surface area contributed by atoms with E-state index >= 15 is 0 Å². The molecule has 0 aromatic heterocycles. The van der Waals surface area contributed by atoms with Gasteiger partial charge in [0.1, 0.15) is 0 Å². The minimum Gasteiger partial charge on any atom is -0.346 e. The van der Waals surface area contributed by atoms with E-state index in [0.717, 1.165) is 16.7 Å². The molecule has 1 aromatic carbocycles. The molecule has 0 saturated heterocycles. The molecule has 0 amide bonds. The number of hydrogen-bond donors (Lipinski definition) is 0. The second-order valence-corrected chi connectivity index (χ2v) is 4.47. The predicted octanol–water partition coefficient (Wildman–Crippen LogP) is 2.54. The van der Waals surface area contributed by atoms with Gasteiger partial charge in [-0.2, -0.15) is 0 Å². The van der Waals surface area contributed by atoms with Crippen LogP contribution in [0.3, 0.4) is 0 Å². The van der Waals surface area contributed by atoms with Crippen LogP contribution < -0.4 is 0 Å². The third-order valence-electron chi connectivity index (χ3n) is 3.76. The third kappa shape index (κ3) is 1.83. The molecule has 0 N–H and O–H groups in total. The molecule has 1 aromatic rings. The van der Waals surface area contributed by atoms with Gasteiger partial charge in [-0.05, 0) is 18.6 Å². The number of methoxy groups -OCH3 is 4. The van der Waals surface area contributed by atoms with Crippen LogP contribution in [0.15, 0.2) is 35.9 Å². The van der Waals surface area contributed by atoms with Gasteiger partial charge in [-0.3, -0.25) is 0 Å². The Morgan fingerprint density at radius 2 is 1.32 bits per heavy atom. The van der Waals surface area contributed by atoms with Gasteiger partial charge in [-0.1, -0.05) is 24.3 Å². The molecule has 1 aliphatic rings. The highest BCUT2D eigenvalue weighted by atomic mass is 16.7. The first-order valence-corrected chi connectivity index (χ1v) is 6.10. The van der Waals surface area contributed by atoms with E-state index in [0.29, 0.717) is 0 Å². The van der Waals surface area contributed by atoms with E-state index in [4.69, 9.17) is 18.9 Å². The quantitative estimate of drug-likeness (QED) is 0.618. The predicted molar refractivity (Wildman–Crippen MR) is 71.6 cm³/mol. The van der Waals surface area contributed by atoms with Gasteiger partial charge in [0.15, 0.2) is 0 Å². The van der Waals surface area contributed by atoms with E-state index < -0.39 is 11.6 Å². The molecule has 104 valence electrons. The van der Waals surface area contributed by atoms with Gasteiger partial charge in [-0.15, -0.1) is 0 Å². The van der Waals surface area contributed by atoms with Crippen LogP contribution in [0.2, 0.25) is 0 Å². The lowest BCUT2D eigenvalue weighted by molar-refractivity contribution is -0.217. The lowest BCUT2D eigenvalue weighted by Gasteiger charge is -2.43. The second-order valence-electron chi connectivity index (χ2n) is 4.47. The van der Waals surface area contributed by atoms with Gasteiger partial charge in [0.25, 0.3) is 0 Å². The molecule has 0 saturated carbocycles. The molecule has 0 heterocycles. The molecule has 0 fully saturated rings. The van der Waals surface area contributed by atoms with E-state index in [9.17, 15) is 0 Å². The standard InChI is InChI=1S/C15H20O4/c1-11-10-14(16-2,17-3)12-8-6-7-9-13(12)15(11,18-4)19-5/h6-10H,1-5H3. The van der Waals surface area contributed by atoms with Crippen molar-refractivity contribution in [2.45, 2.75) is 18.5 Å². The first kappa shape index (κ1) is 14.2. The summed E-state index contributed by atoms with van der Waals surface area (Å²) in [5.74, 6) is -1.79. The molecule has 0 aliphatic heterocycles. The Hall–Kier alpha value is -1.20. The van der Waals surface area contributed by atoms with E-state index in [1.54, 1.807) is 28.4 Å². The molecule has 4 heteroatoms. The second kappa shape index (κ2) is 5.06. The largest absolute Gasteiger partial charge is 0.346 e. The van der Waals surface area contributed by atoms with E-state index in [-0.39, 0.29) is 0 Å². The van der Waals surface area contributed by atoms with Crippen molar-refractivity contribution in [1.82, 2.24) is 0 Å². The Labute approximate surface area is 113 Å². The van der Waals surface area contributed by atoms with Gasteiger partial charge < -0.3 is 18.9 Å². The van der Waals surface area contributed by atoms with Crippen LogP contribution in [-0.4, -0.2) is 28.4 Å². The number of ether oxygens (including phenoxy) is 4. The van der Waals surface area contributed by atoms with Gasteiger partial charge in [0, 0.05) is 39.6 Å². The topological polar surface area (TPSA) is 36.9 Å². The van der Waals surface area contributed by atoms with E-state index in [1.165, 1.54) is 0 Å². The lowest BCUT2D eigenvalue weighted by Crippen LogP contribution is -2.43. The molecule has 4 nitrogen and oxygen atoms in total. The molecule has 0 radical (unpaired) electrons. The first-order chi connectivity index (χ1) is 9.10. The fraction of sp³-hybridized carbons (Fsp3) is 0.467. The van der Waals surface area contributed by atoms with Gasteiger partial charge >= 0.3 is 0 Å². The third-order valence-corrected chi connectivity index (χ3v) is 3.76. The van der Waals surface area contributed by atoms with Gasteiger partial charge in [0.2, 0.25) is 11.6 Å². The lowest BCUT2D eigenvalue weighted by atomic mass is 9.83. The van der Waals surface area contributed by atoms with Crippen LogP contribution in [0.25, 0.3) is 0 Å². The summed E-state index contributed by atoms with van der Waals surface area (Å²) in [5.41, 5.74) is 2.66. The molecule has 0 bridgehead atoms. The number of fused-ring (bicyclic) bond motifs is 1. The van der Waals surface area contributed by atoms with Crippen molar-refractivity contribution >= 4 is 0 Å². The molecule has 0 atom stereocenters. The fourth-order valence-corrected chi connectivity index (χ4v) is 2.79. The Bertz CT molecular complexity index is 485. The van der Waals surface area contributed by atoms with Gasteiger partial charge in [-0.25, -0.2) is 0 Å². The van der Waals surface area contributed by atoms with E-state index in [2.05, 4.69) is 0 Å². The molecular weight excluding hydrogens is 244 g/mol. The Balaban J connectivity index is 2.75.